The molecule has 4 heterocycles. The Morgan fingerprint density at radius 2 is 1.83 bits per heavy atom. The maximum atomic E-state index is 13.6. The Kier molecular flexibility index (Phi) is 5.46. The number of nitrogens with one attached hydrogen (secondary N) is 2. The zero-order valence-corrected chi connectivity index (χ0v) is 18.7. The van der Waals surface area contributed by atoms with Gasteiger partial charge in [0.15, 0.2) is 12.4 Å². The second-order valence-electron chi connectivity index (χ2n) is 8.68. The van der Waals surface area contributed by atoms with Crippen LogP contribution in [0.3, 0.4) is 0 Å². The number of benzene rings is 2. The summed E-state index contributed by atoms with van der Waals surface area (Å²) in [7, 11) is 0. The van der Waals surface area contributed by atoms with Gasteiger partial charge in [-0.15, -0.1) is 5.10 Å². The Hall–Kier alpha value is -3.77. The normalized spacial score (nSPS) is 18.5. The van der Waals surface area contributed by atoms with Crippen molar-refractivity contribution in [3.05, 3.63) is 48.3 Å². The lowest BCUT2D eigenvalue weighted by Gasteiger charge is -2.48. The number of fused-ring (bicyclic) bond motifs is 1. The van der Waals surface area contributed by atoms with Gasteiger partial charge >= 0.3 is 0 Å². The summed E-state index contributed by atoms with van der Waals surface area (Å²) in [4.78, 5) is 20.8. The van der Waals surface area contributed by atoms with E-state index in [-0.39, 0.29) is 24.1 Å². The highest BCUT2D eigenvalue weighted by Gasteiger charge is 2.35. The summed E-state index contributed by atoms with van der Waals surface area (Å²) in [6.45, 7) is 4.99. The van der Waals surface area contributed by atoms with E-state index in [1.807, 2.05) is 6.07 Å². The zero-order valence-electron chi connectivity index (χ0n) is 18.7. The first-order chi connectivity index (χ1) is 17.0. The van der Waals surface area contributed by atoms with Crippen LogP contribution in [0.4, 0.5) is 31.8 Å². The zero-order chi connectivity index (χ0) is 23.9. The smallest absolute Gasteiger partial charge is 0.262 e. The van der Waals surface area contributed by atoms with Gasteiger partial charge in [0.1, 0.15) is 18.0 Å². The van der Waals surface area contributed by atoms with Crippen molar-refractivity contribution in [3.8, 4) is 11.4 Å². The molecule has 12 heteroatoms. The molecule has 3 aliphatic heterocycles. The predicted octanol–water partition coefficient (Wildman–Crippen LogP) is 2.14. The molecular weight excluding hydrogens is 460 g/mol. The van der Waals surface area contributed by atoms with E-state index < -0.39 is 11.6 Å². The second kappa shape index (κ2) is 8.78. The molecule has 6 rings (SSSR count). The van der Waals surface area contributed by atoms with Crippen molar-refractivity contribution in [3.63, 3.8) is 0 Å². The Morgan fingerprint density at radius 1 is 1.06 bits per heavy atom. The molecule has 1 amide bonds. The minimum absolute atomic E-state index is 0.0380. The average Bonchev–Trinajstić information content (AvgIpc) is 3.26. The molecule has 182 valence electrons. The van der Waals surface area contributed by atoms with Gasteiger partial charge in [-0.05, 0) is 24.3 Å². The summed E-state index contributed by atoms with van der Waals surface area (Å²) in [5.74, 6) is -0.774. The summed E-state index contributed by atoms with van der Waals surface area (Å²) < 4.78 is 39.7. The first kappa shape index (κ1) is 21.7. The number of amides is 1. The fourth-order valence-corrected chi connectivity index (χ4v) is 4.56. The highest BCUT2D eigenvalue weighted by atomic mass is 19.1. The summed E-state index contributed by atoms with van der Waals surface area (Å²) in [5.41, 5.74) is 2.27. The van der Waals surface area contributed by atoms with E-state index in [1.54, 1.807) is 6.07 Å². The molecule has 3 aromatic rings. The maximum absolute atomic E-state index is 13.6. The van der Waals surface area contributed by atoms with E-state index in [1.165, 1.54) is 23.1 Å². The van der Waals surface area contributed by atoms with Crippen LogP contribution in [0.1, 0.15) is 0 Å². The number of carbonyl (C=O) groups is 1. The molecule has 0 bridgehead atoms. The van der Waals surface area contributed by atoms with Crippen LogP contribution in [-0.2, 0) is 9.53 Å². The molecule has 0 unspecified atom stereocenters. The fourth-order valence-electron chi connectivity index (χ4n) is 4.56. The number of hydrogen-bond acceptors (Lipinski definition) is 8. The van der Waals surface area contributed by atoms with E-state index in [4.69, 9.17) is 9.47 Å². The molecule has 2 N–H and O–H groups in total. The van der Waals surface area contributed by atoms with E-state index in [9.17, 15) is 13.6 Å². The largest absolute Gasteiger partial charge is 0.479 e. The Balaban J connectivity index is 1.24. The average molecular weight is 483 g/mol. The van der Waals surface area contributed by atoms with Crippen molar-refractivity contribution in [2.75, 3.05) is 61.5 Å². The molecule has 10 nitrogen and oxygen atoms in total. The van der Waals surface area contributed by atoms with Gasteiger partial charge in [-0.3, -0.25) is 9.69 Å². The third kappa shape index (κ3) is 4.37. The second-order valence-corrected chi connectivity index (χ2v) is 8.68. The Labute approximate surface area is 199 Å². The lowest BCUT2D eigenvalue weighted by molar-refractivity contribution is -0.118. The summed E-state index contributed by atoms with van der Waals surface area (Å²) >= 11 is 0. The molecule has 2 aromatic carbocycles. The van der Waals surface area contributed by atoms with Crippen molar-refractivity contribution in [2.24, 2.45) is 0 Å². The Bertz CT molecular complexity index is 1250. The van der Waals surface area contributed by atoms with Gasteiger partial charge < -0.3 is 25.0 Å². The number of morpholine rings is 1. The molecule has 3 aliphatic rings. The summed E-state index contributed by atoms with van der Waals surface area (Å²) in [6.07, 6.45) is 1.36. The third-order valence-electron chi connectivity index (χ3n) is 6.32. The van der Waals surface area contributed by atoms with Gasteiger partial charge in [0.05, 0.1) is 30.3 Å². The quantitative estimate of drug-likeness (QED) is 0.570. The first-order valence-corrected chi connectivity index (χ1v) is 11.3. The van der Waals surface area contributed by atoms with E-state index in [0.717, 1.165) is 51.1 Å². The highest BCUT2D eigenvalue weighted by molar-refractivity contribution is 5.98. The van der Waals surface area contributed by atoms with Crippen molar-refractivity contribution < 1.29 is 23.0 Å². The van der Waals surface area contributed by atoms with Gasteiger partial charge in [-0.1, -0.05) is 0 Å². The lowest BCUT2D eigenvalue weighted by atomic mass is 10.0. The molecule has 2 saturated heterocycles. The number of rotatable bonds is 5. The van der Waals surface area contributed by atoms with Gasteiger partial charge in [0, 0.05) is 44.0 Å². The fraction of sp³-hybridized carbons (Fsp3) is 0.348. The monoisotopic (exact) mass is 483 g/mol. The van der Waals surface area contributed by atoms with Crippen molar-refractivity contribution in [2.45, 2.75) is 6.04 Å². The molecule has 0 saturated carbocycles. The van der Waals surface area contributed by atoms with Crippen LogP contribution >= 0.6 is 0 Å². The standard InChI is InChI=1S/C23H23F2N7O3/c24-14-5-15(25)7-17(6-14)32-13-26-23(29-32)27-16-8-19-22(35-12-21(33)28-19)20(9-16)31-10-18(11-31)30-1-3-34-4-2-30/h5-9,13,18H,1-4,10-12H2,(H,27,29)(H,28,33). The van der Waals surface area contributed by atoms with Crippen LogP contribution < -0.4 is 20.3 Å². The summed E-state index contributed by atoms with van der Waals surface area (Å²) in [6, 6.07) is 7.24. The molecular formula is C23H23F2N7O3. The lowest BCUT2D eigenvalue weighted by Crippen LogP contribution is -2.61. The number of hydrogen-bond donors (Lipinski definition) is 2. The minimum atomic E-state index is -0.704. The molecule has 0 aliphatic carbocycles. The molecule has 0 spiro atoms. The van der Waals surface area contributed by atoms with Gasteiger partial charge in [-0.25, -0.2) is 13.5 Å². The number of anilines is 4. The molecule has 0 atom stereocenters. The van der Waals surface area contributed by atoms with E-state index in [2.05, 4.69) is 30.5 Å². The van der Waals surface area contributed by atoms with E-state index >= 15 is 0 Å². The van der Waals surface area contributed by atoms with Crippen molar-refractivity contribution in [1.29, 1.82) is 0 Å². The van der Waals surface area contributed by atoms with Crippen LogP contribution in [0.2, 0.25) is 0 Å². The topological polar surface area (TPSA) is 96.8 Å². The van der Waals surface area contributed by atoms with Crippen LogP contribution in [-0.4, -0.2) is 77.6 Å². The highest BCUT2D eigenvalue weighted by Crippen LogP contribution is 2.43. The SMILES string of the molecule is O=C1COc2c(cc(Nc3ncn(-c4cc(F)cc(F)c4)n3)cc2N2CC(N3CCOCC3)C2)N1. The number of halogens is 2. The van der Waals surface area contributed by atoms with Crippen LogP contribution in [0.5, 0.6) is 5.75 Å². The maximum Gasteiger partial charge on any atom is 0.262 e. The first-order valence-electron chi connectivity index (χ1n) is 11.3. The third-order valence-corrected chi connectivity index (χ3v) is 6.32. The van der Waals surface area contributed by atoms with Gasteiger partial charge in [-0.2, -0.15) is 4.98 Å². The Morgan fingerprint density at radius 3 is 2.60 bits per heavy atom. The van der Waals surface area contributed by atoms with E-state index in [0.29, 0.717) is 23.2 Å². The van der Waals surface area contributed by atoms with Crippen molar-refractivity contribution >= 4 is 28.9 Å². The number of carbonyl (C=O) groups excluding carboxylic acids is 1. The number of ether oxygens (including phenoxy) is 2. The van der Waals surface area contributed by atoms with Crippen LogP contribution in [0.25, 0.3) is 5.69 Å². The van der Waals surface area contributed by atoms with Crippen molar-refractivity contribution in [1.82, 2.24) is 19.7 Å². The summed E-state index contributed by atoms with van der Waals surface area (Å²) in [5, 5.41) is 10.3. The van der Waals surface area contributed by atoms with Crippen LogP contribution in [0.15, 0.2) is 36.7 Å². The number of nitrogens with zero attached hydrogens (tertiary/aromatic N) is 5. The van der Waals surface area contributed by atoms with Crippen LogP contribution in [0, 0.1) is 11.6 Å². The molecule has 0 radical (unpaired) electrons. The molecule has 1 aromatic heterocycles. The molecule has 35 heavy (non-hydrogen) atoms. The minimum Gasteiger partial charge on any atom is -0.479 e. The molecule has 2 fully saturated rings. The van der Waals surface area contributed by atoms with Gasteiger partial charge in [0.2, 0.25) is 5.95 Å². The predicted molar refractivity (Wildman–Crippen MR) is 124 cm³/mol. The van der Waals surface area contributed by atoms with Gasteiger partial charge in [0.25, 0.3) is 5.91 Å². The number of aromatic nitrogens is 3.